The van der Waals surface area contributed by atoms with Crippen LogP contribution in [0.2, 0.25) is 0 Å². The van der Waals surface area contributed by atoms with Gasteiger partial charge in [-0.3, -0.25) is 9.36 Å². The Kier molecular flexibility index (Phi) is 6.43. The molecule has 0 spiro atoms. The first kappa shape index (κ1) is 20.7. The fourth-order valence-electron chi connectivity index (χ4n) is 3.05. The number of carbonyl (C=O) groups excluding carboxylic acids is 2. The molecule has 0 fully saturated rings. The predicted molar refractivity (Wildman–Crippen MR) is 110 cm³/mol. The van der Waals surface area contributed by atoms with E-state index in [2.05, 4.69) is 4.98 Å². The van der Waals surface area contributed by atoms with Crippen LogP contribution in [-0.2, 0) is 20.9 Å². The second-order valence-electron chi connectivity index (χ2n) is 6.43. The summed E-state index contributed by atoms with van der Waals surface area (Å²) in [6.45, 7) is 5.59. The van der Waals surface area contributed by atoms with Crippen molar-refractivity contribution in [1.82, 2.24) is 9.55 Å². The summed E-state index contributed by atoms with van der Waals surface area (Å²) in [6.07, 6.45) is 1.71. The van der Waals surface area contributed by atoms with E-state index >= 15 is 0 Å². The van der Waals surface area contributed by atoms with Gasteiger partial charge in [0.2, 0.25) is 0 Å². The first-order valence-corrected chi connectivity index (χ1v) is 10.2. The molecule has 2 aromatic heterocycles. The van der Waals surface area contributed by atoms with E-state index < -0.39 is 18.0 Å². The number of fused-ring (bicyclic) bond motifs is 1. The highest BCUT2D eigenvalue weighted by Gasteiger charge is 2.25. The monoisotopic (exact) mass is 414 g/mol. The molecule has 0 bridgehead atoms. The molecule has 0 unspecified atom stereocenters. The van der Waals surface area contributed by atoms with Gasteiger partial charge in [-0.2, -0.15) is 0 Å². The zero-order valence-electron chi connectivity index (χ0n) is 16.5. The predicted octanol–water partition coefficient (Wildman–Crippen LogP) is 3.64. The van der Waals surface area contributed by atoms with Gasteiger partial charge in [0, 0.05) is 0 Å². The lowest BCUT2D eigenvalue weighted by molar-refractivity contribution is -0.149. The van der Waals surface area contributed by atoms with E-state index in [9.17, 15) is 14.4 Å². The Hall–Kier alpha value is -3.00. The summed E-state index contributed by atoms with van der Waals surface area (Å²) in [5.41, 5.74) is 1.01. The first-order valence-electron chi connectivity index (χ1n) is 9.35. The maximum Gasteiger partial charge on any atom is 0.348 e. The molecule has 152 valence electrons. The number of aromatic nitrogens is 2. The molecule has 0 aliphatic carbocycles. The van der Waals surface area contributed by atoms with Crippen LogP contribution in [0.3, 0.4) is 0 Å². The number of benzene rings is 1. The third-order valence-electron chi connectivity index (χ3n) is 4.56. The van der Waals surface area contributed by atoms with Gasteiger partial charge in [0.25, 0.3) is 5.56 Å². The van der Waals surface area contributed by atoms with E-state index in [-0.39, 0.29) is 18.8 Å². The SMILES string of the molecule is CCOC(=O)c1sc2ncn([C@@H](CC)C(=O)OCc3ccccc3)c(=O)c2c1C. The Bertz CT molecular complexity index is 1090. The van der Waals surface area contributed by atoms with Crippen molar-refractivity contribution in [3.63, 3.8) is 0 Å². The quantitative estimate of drug-likeness (QED) is 0.549. The van der Waals surface area contributed by atoms with E-state index in [4.69, 9.17) is 9.47 Å². The number of hydrogen-bond acceptors (Lipinski definition) is 7. The molecule has 0 saturated heterocycles. The van der Waals surface area contributed by atoms with Crippen LogP contribution in [0.15, 0.2) is 41.5 Å². The maximum absolute atomic E-state index is 13.1. The standard InChI is InChI=1S/C21H22N2O5S/c1-4-15(20(25)28-11-14-9-7-6-8-10-14)23-12-22-18-16(19(23)24)13(3)17(29-18)21(26)27-5-2/h6-10,12,15H,4-5,11H2,1-3H3/t15-/m0/s1. The van der Waals surface area contributed by atoms with Crippen LogP contribution in [0.5, 0.6) is 0 Å². The summed E-state index contributed by atoms with van der Waals surface area (Å²) in [5, 5.41) is 0.329. The summed E-state index contributed by atoms with van der Waals surface area (Å²) in [5.74, 6) is -0.980. The molecule has 3 aromatic rings. The number of thiophene rings is 1. The molecule has 0 saturated carbocycles. The molecule has 29 heavy (non-hydrogen) atoms. The van der Waals surface area contributed by atoms with Gasteiger partial charge in [-0.1, -0.05) is 37.3 Å². The molecular weight excluding hydrogens is 392 g/mol. The van der Waals surface area contributed by atoms with Crippen molar-refractivity contribution in [2.75, 3.05) is 6.61 Å². The van der Waals surface area contributed by atoms with Gasteiger partial charge in [0.1, 0.15) is 22.4 Å². The highest BCUT2D eigenvalue weighted by Crippen LogP contribution is 2.28. The third-order valence-corrected chi connectivity index (χ3v) is 5.74. The largest absolute Gasteiger partial charge is 0.462 e. The minimum atomic E-state index is -0.798. The van der Waals surface area contributed by atoms with Gasteiger partial charge in [-0.25, -0.2) is 14.6 Å². The van der Waals surface area contributed by atoms with Crippen LogP contribution in [0.4, 0.5) is 0 Å². The molecule has 1 aromatic carbocycles. The zero-order valence-corrected chi connectivity index (χ0v) is 17.3. The minimum absolute atomic E-state index is 0.130. The highest BCUT2D eigenvalue weighted by molar-refractivity contribution is 7.20. The topological polar surface area (TPSA) is 87.5 Å². The minimum Gasteiger partial charge on any atom is -0.462 e. The molecule has 8 heteroatoms. The molecule has 3 rings (SSSR count). The molecular formula is C21H22N2O5S. The van der Waals surface area contributed by atoms with Gasteiger partial charge in [-0.15, -0.1) is 11.3 Å². The average Bonchev–Trinajstić information content (AvgIpc) is 3.07. The molecule has 0 aliphatic heterocycles. The smallest absolute Gasteiger partial charge is 0.348 e. The second-order valence-corrected chi connectivity index (χ2v) is 7.43. The van der Waals surface area contributed by atoms with E-state index in [0.717, 1.165) is 16.9 Å². The van der Waals surface area contributed by atoms with Crippen molar-refractivity contribution in [3.8, 4) is 0 Å². The fourth-order valence-corrected chi connectivity index (χ4v) is 4.09. The van der Waals surface area contributed by atoms with Crippen LogP contribution >= 0.6 is 11.3 Å². The maximum atomic E-state index is 13.1. The number of carbonyl (C=O) groups is 2. The van der Waals surface area contributed by atoms with Crippen molar-refractivity contribution in [1.29, 1.82) is 0 Å². The van der Waals surface area contributed by atoms with Crippen LogP contribution < -0.4 is 5.56 Å². The number of rotatable bonds is 7. The second kappa shape index (κ2) is 9.00. The van der Waals surface area contributed by atoms with Crippen molar-refractivity contribution in [2.24, 2.45) is 0 Å². The summed E-state index contributed by atoms with van der Waals surface area (Å²) in [4.78, 5) is 43.0. The Morgan fingerprint density at radius 3 is 2.55 bits per heavy atom. The number of ether oxygens (including phenoxy) is 2. The van der Waals surface area contributed by atoms with Gasteiger partial charge >= 0.3 is 11.9 Å². The van der Waals surface area contributed by atoms with Crippen molar-refractivity contribution < 1.29 is 19.1 Å². The lowest BCUT2D eigenvalue weighted by Gasteiger charge is -2.17. The lowest BCUT2D eigenvalue weighted by atomic mass is 10.2. The van der Waals surface area contributed by atoms with Gasteiger partial charge in [-0.05, 0) is 31.4 Å². The summed E-state index contributed by atoms with van der Waals surface area (Å²) < 4.78 is 11.7. The van der Waals surface area contributed by atoms with E-state index in [1.54, 1.807) is 20.8 Å². The Balaban J connectivity index is 1.91. The summed E-state index contributed by atoms with van der Waals surface area (Å²) in [6, 6.07) is 8.54. The Morgan fingerprint density at radius 1 is 1.17 bits per heavy atom. The van der Waals surface area contributed by atoms with Crippen LogP contribution in [0.25, 0.3) is 10.2 Å². The van der Waals surface area contributed by atoms with Gasteiger partial charge in [0.05, 0.1) is 18.3 Å². The van der Waals surface area contributed by atoms with Crippen LogP contribution in [0, 0.1) is 6.92 Å². The van der Waals surface area contributed by atoms with E-state index in [0.29, 0.717) is 27.1 Å². The first-order chi connectivity index (χ1) is 14.0. The Labute approximate surface area is 171 Å². The summed E-state index contributed by atoms with van der Waals surface area (Å²) in [7, 11) is 0. The zero-order chi connectivity index (χ0) is 21.0. The average molecular weight is 414 g/mol. The number of aryl methyl sites for hydroxylation is 1. The molecule has 2 heterocycles. The van der Waals surface area contributed by atoms with E-state index in [1.165, 1.54) is 10.9 Å². The Morgan fingerprint density at radius 2 is 1.90 bits per heavy atom. The number of nitrogens with zero attached hydrogens (tertiary/aromatic N) is 2. The normalized spacial score (nSPS) is 12.0. The van der Waals surface area contributed by atoms with Crippen molar-refractivity contribution in [2.45, 2.75) is 39.8 Å². The molecule has 0 aliphatic rings. The van der Waals surface area contributed by atoms with Crippen molar-refractivity contribution in [3.05, 3.63) is 63.0 Å². The lowest BCUT2D eigenvalue weighted by Crippen LogP contribution is -2.31. The van der Waals surface area contributed by atoms with Gasteiger partial charge in [0.15, 0.2) is 0 Å². The van der Waals surface area contributed by atoms with Crippen molar-refractivity contribution >= 4 is 33.5 Å². The van der Waals surface area contributed by atoms with Crippen LogP contribution in [-0.4, -0.2) is 28.1 Å². The molecule has 0 radical (unpaired) electrons. The molecule has 0 N–H and O–H groups in total. The van der Waals surface area contributed by atoms with E-state index in [1.807, 2.05) is 30.3 Å². The fraction of sp³-hybridized carbons (Fsp3) is 0.333. The third kappa shape index (κ3) is 4.22. The van der Waals surface area contributed by atoms with Crippen LogP contribution in [0.1, 0.15) is 47.1 Å². The highest BCUT2D eigenvalue weighted by atomic mass is 32.1. The molecule has 0 amide bonds. The summed E-state index contributed by atoms with van der Waals surface area (Å²) >= 11 is 1.11. The number of hydrogen-bond donors (Lipinski definition) is 0. The molecule has 1 atom stereocenters. The van der Waals surface area contributed by atoms with Gasteiger partial charge < -0.3 is 9.47 Å². The number of esters is 2. The molecule has 7 nitrogen and oxygen atoms in total.